The molecule has 0 aliphatic carbocycles. The Bertz CT molecular complexity index is 791. The fraction of sp³-hybridized carbons (Fsp3) is 0. The zero-order valence-electron chi connectivity index (χ0n) is 10.3. The summed E-state index contributed by atoms with van der Waals surface area (Å²) >= 11 is 9.60. The monoisotopic (exact) mass is 348 g/mol. The average molecular weight is 350 g/mol. The zero-order chi connectivity index (χ0) is 14.1. The number of nitrogens with one attached hydrogen (secondary N) is 1. The van der Waals surface area contributed by atoms with E-state index in [0.717, 1.165) is 21.1 Å². The first kappa shape index (κ1) is 13.1. The molecule has 0 fully saturated rings. The lowest BCUT2D eigenvalue weighted by Crippen LogP contribution is -2.01. The van der Waals surface area contributed by atoms with Crippen molar-refractivity contribution in [1.82, 2.24) is 9.97 Å². The fourth-order valence-electron chi connectivity index (χ4n) is 1.91. The van der Waals surface area contributed by atoms with E-state index in [9.17, 15) is 0 Å². The Labute approximate surface area is 129 Å². The number of hydrogen-bond donors (Lipinski definition) is 2. The molecule has 0 saturated carbocycles. The fourth-order valence-corrected chi connectivity index (χ4v) is 2.44. The number of fused-ring (bicyclic) bond motifs is 1. The predicted octanol–water partition coefficient (Wildman–Crippen LogP) is 4.37. The van der Waals surface area contributed by atoms with Gasteiger partial charge in [0.25, 0.3) is 0 Å². The van der Waals surface area contributed by atoms with E-state index >= 15 is 0 Å². The molecule has 1 aromatic heterocycles. The van der Waals surface area contributed by atoms with Crippen molar-refractivity contribution < 1.29 is 0 Å². The highest BCUT2D eigenvalue weighted by atomic mass is 79.9. The molecule has 4 nitrogen and oxygen atoms in total. The quantitative estimate of drug-likeness (QED) is 0.721. The second kappa shape index (κ2) is 5.26. The molecule has 0 atom stereocenters. The molecule has 3 aromatic rings. The van der Waals surface area contributed by atoms with Crippen molar-refractivity contribution in [3.05, 3.63) is 52.0 Å². The van der Waals surface area contributed by atoms with Crippen molar-refractivity contribution in [3.8, 4) is 0 Å². The molecule has 0 amide bonds. The maximum absolute atomic E-state index is 6.18. The number of halogens is 2. The maximum Gasteiger partial charge on any atom is 0.222 e. The van der Waals surface area contributed by atoms with Crippen LogP contribution in [-0.2, 0) is 0 Å². The molecule has 3 N–H and O–H groups in total. The lowest BCUT2D eigenvalue weighted by molar-refractivity contribution is 1.23. The molecule has 0 bridgehead atoms. The van der Waals surface area contributed by atoms with E-state index in [-0.39, 0.29) is 5.95 Å². The third-order valence-electron chi connectivity index (χ3n) is 2.80. The number of para-hydroxylation sites is 1. The Morgan fingerprint density at radius 2 is 1.90 bits per heavy atom. The van der Waals surface area contributed by atoms with Gasteiger partial charge in [-0.2, -0.15) is 4.98 Å². The van der Waals surface area contributed by atoms with Gasteiger partial charge in [-0.1, -0.05) is 39.7 Å². The van der Waals surface area contributed by atoms with Gasteiger partial charge in [0.1, 0.15) is 5.82 Å². The predicted molar refractivity (Wildman–Crippen MR) is 86.4 cm³/mol. The van der Waals surface area contributed by atoms with Crippen molar-refractivity contribution in [2.45, 2.75) is 0 Å². The molecular formula is C14H10BrClN4. The first-order chi connectivity index (χ1) is 9.63. The number of benzene rings is 2. The van der Waals surface area contributed by atoms with E-state index in [1.54, 1.807) is 6.07 Å². The molecule has 0 radical (unpaired) electrons. The van der Waals surface area contributed by atoms with Crippen LogP contribution in [0.3, 0.4) is 0 Å². The van der Waals surface area contributed by atoms with Gasteiger partial charge in [0.2, 0.25) is 5.95 Å². The van der Waals surface area contributed by atoms with Crippen molar-refractivity contribution >= 4 is 55.9 Å². The first-order valence-electron chi connectivity index (χ1n) is 5.88. The van der Waals surface area contributed by atoms with Gasteiger partial charge in [0.05, 0.1) is 16.2 Å². The molecule has 3 rings (SSSR count). The van der Waals surface area contributed by atoms with Crippen molar-refractivity contribution in [2.75, 3.05) is 11.1 Å². The molecule has 0 saturated heterocycles. The molecule has 6 heteroatoms. The molecule has 0 aliphatic rings. The van der Waals surface area contributed by atoms with Gasteiger partial charge in [0.15, 0.2) is 0 Å². The first-order valence-corrected chi connectivity index (χ1v) is 7.05. The number of anilines is 3. The second-order valence-electron chi connectivity index (χ2n) is 4.20. The van der Waals surface area contributed by atoms with Gasteiger partial charge >= 0.3 is 0 Å². The summed E-state index contributed by atoms with van der Waals surface area (Å²) in [5, 5.41) is 4.70. The summed E-state index contributed by atoms with van der Waals surface area (Å²) in [6, 6.07) is 13.2. The van der Waals surface area contributed by atoms with Crippen molar-refractivity contribution in [1.29, 1.82) is 0 Å². The van der Waals surface area contributed by atoms with Crippen LogP contribution in [0.15, 0.2) is 46.9 Å². The number of rotatable bonds is 2. The van der Waals surface area contributed by atoms with E-state index in [1.807, 2.05) is 36.4 Å². The van der Waals surface area contributed by atoms with Gasteiger partial charge < -0.3 is 11.1 Å². The van der Waals surface area contributed by atoms with Crippen LogP contribution in [0, 0.1) is 0 Å². The maximum atomic E-state index is 6.18. The Balaban J connectivity index is 2.13. The van der Waals surface area contributed by atoms with Gasteiger partial charge in [-0.15, -0.1) is 0 Å². The van der Waals surface area contributed by atoms with E-state index in [0.29, 0.717) is 10.8 Å². The number of nitrogens with two attached hydrogens (primary N) is 1. The Morgan fingerprint density at radius 3 is 2.75 bits per heavy atom. The summed E-state index contributed by atoms with van der Waals surface area (Å²) in [6.07, 6.45) is 0. The highest BCUT2D eigenvalue weighted by Gasteiger charge is 2.08. The zero-order valence-corrected chi connectivity index (χ0v) is 12.6. The van der Waals surface area contributed by atoms with Crippen LogP contribution in [0.5, 0.6) is 0 Å². The SMILES string of the molecule is Nc1nc(Nc2cc(Br)ccc2Cl)c2ccccc2n1. The molecule has 2 aromatic carbocycles. The number of nitrogens with zero attached hydrogens (tertiary/aromatic N) is 2. The smallest absolute Gasteiger partial charge is 0.222 e. The minimum Gasteiger partial charge on any atom is -0.368 e. The lowest BCUT2D eigenvalue weighted by atomic mass is 10.2. The summed E-state index contributed by atoms with van der Waals surface area (Å²) in [5.41, 5.74) is 7.28. The Morgan fingerprint density at radius 1 is 1.10 bits per heavy atom. The van der Waals surface area contributed by atoms with E-state index in [4.69, 9.17) is 17.3 Å². The van der Waals surface area contributed by atoms with Crippen LogP contribution in [0.4, 0.5) is 17.5 Å². The molecule has 0 unspecified atom stereocenters. The Hall–Kier alpha value is -1.85. The summed E-state index contributed by atoms with van der Waals surface area (Å²) in [5.74, 6) is 0.852. The third kappa shape index (κ3) is 2.55. The molecular weight excluding hydrogens is 340 g/mol. The number of aromatic nitrogens is 2. The molecule has 0 aliphatic heterocycles. The van der Waals surface area contributed by atoms with Gasteiger partial charge in [-0.3, -0.25) is 0 Å². The van der Waals surface area contributed by atoms with Crippen LogP contribution in [0.1, 0.15) is 0 Å². The van der Waals surface area contributed by atoms with Crippen LogP contribution in [-0.4, -0.2) is 9.97 Å². The van der Waals surface area contributed by atoms with Crippen molar-refractivity contribution in [3.63, 3.8) is 0 Å². The van der Waals surface area contributed by atoms with E-state index in [2.05, 4.69) is 31.2 Å². The van der Waals surface area contributed by atoms with E-state index < -0.39 is 0 Å². The molecule has 0 spiro atoms. The second-order valence-corrected chi connectivity index (χ2v) is 5.52. The summed E-state index contributed by atoms with van der Waals surface area (Å²) < 4.78 is 0.927. The van der Waals surface area contributed by atoms with E-state index in [1.165, 1.54) is 0 Å². The average Bonchev–Trinajstić information content (AvgIpc) is 2.43. The standard InChI is InChI=1S/C14H10BrClN4/c15-8-5-6-10(16)12(7-8)18-13-9-3-1-2-4-11(9)19-14(17)20-13/h1-7H,(H3,17,18,19,20). The van der Waals surface area contributed by atoms with Crippen LogP contribution >= 0.6 is 27.5 Å². The topological polar surface area (TPSA) is 63.8 Å². The van der Waals surface area contributed by atoms with Gasteiger partial charge in [0, 0.05) is 9.86 Å². The normalized spacial score (nSPS) is 10.7. The van der Waals surface area contributed by atoms with Crippen LogP contribution in [0.2, 0.25) is 5.02 Å². The molecule has 100 valence electrons. The number of nitrogen functional groups attached to an aromatic ring is 1. The van der Waals surface area contributed by atoms with Crippen LogP contribution in [0.25, 0.3) is 10.9 Å². The van der Waals surface area contributed by atoms with Gasteiger partial charge in [-0.05, 0) is 30.3 Å². The Kier molecular flexibility index (Phi) is 3.46. The molecule has 1 heterocycles. The molecule has 20 heavy (non-hydrogen) atoms. The van der Waals surface area contributed by atoms with Crippen molar-refractivity contribution in [2.24, 2.45) is 0 Å². The highest BCUT2D eigenvalue weighted by Crippen LogP contribution is 2.30. The van der Waals surface area contributed by atoms with Crippen LogP contribution < -0.4 is 11.1 Å². The minimum atomic E-state index is 0.220. The van der Waals surface area contributed by atoms with Gasteiger partial charge in [-0.25, -0.2) is 4.98 Å². The largest absolute Gasteiger partial charge is 0.368 e. The minimum absolute atomic E-state index is 0.220. The third-order valence-corrected chi connectivity index (χ3v) is 3.62. The summed E-state index contributed by atoms with van der Waals surface area (Å²) in [4.78, 5) is 8.45. The summed E-state index contributed by atoms with van der Waals surface area (Å²) in [6.45, 7) is 0. The number of hydrogen-bond acceptors (Lipinski definition) is 4. The summed E-state index contributed by atoms with van der Waals surface area (Å²) in [7, 11) is 0. The highest BCUT2D eigenvalue weighted by molar-refractivity contribution is 9.10. The lowest BCUT2D eigenvalue weighted by Gasteiger charge is -2.11.